The van der Waals surface area contributed by atoms with Gasteiger partial charge >= 0.3 is 0 Å². The van der Waals surface area contributed by atoms with Gasteiger partial charge in [-0.05, 0) is 19.1 Å². The second-order valence-corrected chi connectivity index (χ2v) is 3.72. The highest BCUT2D eigenvalue weighted by Crippen LogP contribution is 2.26. The summed E-state index contributed by atoms with van der Waals surface area (Å²) in [6.07, 6.45) is 0. The van der Waals surface area contributed by atoms with Crippen LogP contribution in [0.4, 0.5) is 0 Å². The van der Waals surface area contributed by atoms with Gasteiger partial charge < -0.3 is 10.1 Å². The number of quaternary nitrogens is 1. The molecule has 0 atom stereocenters. The molecule has 0 amide bonds. The highest BCUT2D eigenvalue weighted by Gasteiger charge is 1.99. The van der Waals surface area contributed by atoms with Crippen LogP contribution in [0.2, 0.25) is 10.0 Å². The Kier molecular flexibility index (Phi) is 5.09. The predicted octanol–water partition coefficient (Wildman–Crippen LogP) is 1.96. The Balaban J connectivity index is 2.39. The van der Waals surface area contributed by atoms with Gasteiger partial charge in [0, 0.05) is 6.07 Å². The first-order chi connectivity index (χ1) is 6.74. The highest BCUT2D eigenvalue weighted by molar-refractivity contribution is 6.42. The van der Waals surface area contributed by atoms with Gasteiger partial charge in [-0.25, -0.2) is 0 Å². The van der Waals surface area contributed by atoms with Crippen LogP contribution in [-0.4, -0.2) is 19.7 Å². The number of likely N-dealkylation sites (N-methyl/N-ethyl adjacent to an activating group) is 1. The summed E-state index contributed by atoms with van der Waals surface area (Å²) in [6.45, 7) is 4.83. The monoisotopic (exact) mass is 234 g/mol. The fourth-order valence-electron chi connectivity index (χ4n) is 1.03. The number of nitrogens with two attached hydrogens (primary N) is 1. The summed E-state index contributed by atoms with van der Waals surface area (Å²) < 4.78 is 5.47. The van der Waals surface area contributed by atoms with Crippen molar-refractivity contribution in [3.05, 3.63) is 28.2 Å². The minimum atomic E-state index is 0.531. The van der Waals surface area contributed by atoms with Crippen LogP contribution in [0.15, 0.2) is 18.2 Å². The lowest BCUT2D eigenvalue weighted by Gasteiger charge is -2.05. The molecule has 0 saturated heterocycles. The molecule has 2 nitrogen and oxygen atoms in total. The molecular formula is C10H14Cl2NO+. The first-order valence-corrected chi connectivity index (χ1v) is 5.39. The lowest BCUT2D eigenvalue weighted by atomic mass is 10.3. The number of benzene rings is 1. The van der Waals surface area contributed by atoms with E-state index >= 15 is 0 Å². The fraction of sp³-hybridized carbons (Fsp3) is 0.400. The Labute approximate surface area is 94.2 Å². The maximum atomic E-state index is 5.83. The lowest BCUT2D eigenvalue weighted by Crippen LogP contribution is -2.84. The lowest BCUT2D eigenvalue weighted by molar-refractivity contribution is -0.652. The van der Waals surface area contributed by atoms with Crippen molar-refractivity contribution in [3.63, 3.8) is 0 Å². The van der Waals surface area contributed by atoms with Gasteiger partial charge in [-0.1, -0.05) is 23.2 Å². The van der Waals surface area contributed by atoms with Crippen molar-refractivity contribution in [3.8, 4) is 5.75 Å². The molecule has 14 heavy (non-hydrogen) atoms. The molecule has 0 fully saturated rings. The van der Waals surface area contributed by atoms with Gasteiger partial charge in [0.2, 0.25) is 0 Å². The van der Waals surface area contributed by atoms with Crippen molar-refractivity contribution < 1.29 is 10.1 Å². The summed E-state index contributed by atoms with van der Waals surface area (Å²) in [5, 5.41) is 3.26. The Morgan fingerprint density at radius 1 is 1.29 bits per heavy atom. The molecule has 0 bridgehead atoms. The van der Waals surface area contributed by atoms with E-state index in [9.17, 15) is 0 Å². The fourth-order valence-corrected chi connectivity index (χ4v) is 1.32. The minimum absolute atomic E-state index is 0.531. The average molecular weight is 235 g/mol. The van der Waals surface area contributed by atoms with Crippen LogP contribution in [0, 0.1) is 0 Å². The Morgan fingerprint density at radius 3 is 2.71 bits per heavy atom. The molecule has 4 heteroatoms. The molecule has 1 aromatic carbocycles. The largest absolute Gasteiger partial charge is 0.488 e. The first kappa shape index (κ1) is 11.6. The number of ether oxygens (including phenoxy) is 1. The average Bonchev–Trinajstić information content (AvgIpc) is 2.18. The van der Waals surface area contributed by atoms with Gasteiger partial charge in [-0.3, -0.25) is 0 Å². The molecule has 1 aromatic rings. The van der Waals surface area contributed by atoms with Crippen molar-refractivity contribution in [2.45, 2.75) is 6.92 Å². The number of halogens is 2. The Bertz CT molecular complexity index is 291. The molecule has 1 rings (SSSR count). The zero-order valence-corrected chi connectivity index (χ0v) is 9.61. The van der Waals surface area contributed by atoms with Crippen molar-refractivity contribution in [2.24, 2.45) is 0 Å². The molecule has 2 N–H and O–H groups in total. The van der Waals surface area contributed by atoms with E-state index in [0.717, 1.165) is 18.8 Å². The zero-order chi connectivity index (χ0) is 10.4. The predicted molar refractivity (Wildman–Crippen MR) is 59.3 cm³/mol. The smallest absolute Gasteiger partial charge is 0.137 e. The number of hydrogen-bond acceptors (Lipinski definition) is 1. The molecule has 0 aliphatic heterocycles. The quantitative estimate of drug-likeness (QED) is 0.775. The maximum absolute atomic E-state index is 5.83. The van der Waals surface area contributed by atoms with E-state index < -0.39 is 0 Å². The highest BCUT2D eigenvalue weighted by atomic mass is 35.5. The third kappa shape index (κ3) is 3.74. The van der Waals surface area contributed by atoms with Gasteiger partial charge in [-0.2, -0.15) is 0 Å². The molecular weight excluding hydrogens is 221 g/mol. The van der Waals surface area contributed by atoms with Crippen molar-refractivity contribution in [1.29, 1.82) is 0 Å². The zero-order valence-electron chi connectivity index (χ0n) is 8.09. The van der Waals surface area contributed by atoms with E-state index in [1.54, 1.807) is 12.1 Å². The number of rotatable bonds is 5. The van der Waals surface area contributed by atoms with E-state index in [0.29, 0.717) is 16.7 Å². The molecule has 0 saturated carbocycles. The van der Waals surface area contributed by atoms with Crippen LogP contribution in [0.3, 0.4) is 0 Å². The summed E-state index contributed by atoms with van der Waals surface area (Å²) in [6, 6.07) is 5.29. The van der Waals surface area contributed by atoms with E-state index in [2.05, 4.69) is 12.2 Å². The molecule has 0 spiro atoms. The van der Waals surface area contributed by atoms with Crippen LogP contribution in [-0.2, 0) is 0 Å². The maximum Gasteiger partial charge on any atom is 0.137 e. The van der Waals surface area contributed by atoms with E-state index in [-0.39, 0.29) is 0 Å². The molecule has 0 aliphatic rings. The molecule has 0 aliphatic carbocycles. The van der Waals surface area contributed by atoms with E-state index in [1.165, 1.54) is 0 Å². The second kappa shape index (κ2) is 6.12. The van der Waals surface area contributed by atoms with Crippen molar-refractivity contribution >= 4 is 23.2 Å². The number of hydrogen-bond donors (Lipinski definition) is 1. The van der Waals surface area contributed by atoms with Crippen LogP contribution in [0.1, 0.15) is 6.92 Å². The third-order valence-electron chi connectivity index (χ3n) is 1.77. The second-order valence-electron chi connectivity index (χ2n) is 2.91. The SMILES string of the molecule is CC[NH2+]CCOc1ccc(Cl)c(Cl)c1. The van der Waals surface area contributed by atoms with Gasteiger partial charge in [-0.15, -0.1) is 0 Å². The summed E-state index contributed by atoms with van der Waals surface area (Å²) in [4.78, 5) is 0. The summed E-state index contributed by atoms with van der Waals surface area (Å²) >= 11 is 11.6. The Morgan fingerprint density at radius 2 is 2.07 bits per heavy atom. The van der Waals surface area contributed by atoms with E-state index in [4.69, 9.17) is 27.9 Å². The van der Waals surface area contributed by atoms with Gasteiger partial charge in [0.1, 0.15) is 18.9 Å². The van der Waals surface area contributed by atoms with Crippen molar-refractivity contribution in [2.75, 3.05) is 19.7 Å². The topological polar surface area (TPSA) is 25.8 Å². The first-order valence-electron chi connectivity index (χ1n) is 4.63. The summed E-state index contributed by atoms with van der Waals surface area (Å²) in [7, 11) is 0. The van der Waals surface area contributed by atoms with Crippen molar-refractivity contribution in [1.82, 2.24) is 0 Å². The normalized spacial score (nSPS) is 10.2. The standard InChI is InChI=1S/C10H13Cl2NO/c1-2-13-5-6-14-8-3-4-9(11)10(12)7-8/h3-4,7,13H,2,5-6H2,1H3/p+1. The van der Waals surface area contributed by atoms with E-state index in [1.807, 2.05) is 6.07 Å². The van der Waals surface area contributed by atoms with Gasteiger partial charge in [0.15, 0.2) is 0 Å². The molecule has 0 radical (unpaired) electrons. The van der Waals surface area contributed by atoms with Crippen LogP contribution in [0.25, 0.3) is 0 Å². The minimum Gasteiger partial charge on any atom is -0.488 e. The summed E-state index contributed by atoms with van der Waals surface area (Å²) in [5.74, 6) is 0.768. The molecule has 78 valence electrons. The Hall–Kier alpha value is -0.440. The van der Waals surface area contributed by atoms with Crippen LogP contribution >= 0.6 is 23.2 Å². The van der Waals surface area contributed by atoms with Crippen LogP contribution < -0.4 is 10.1 Å². The molecule has 0 unspecified atom stereocenters. The summed E-state index contributed by atoms with van der Waals surface area (Å²) in [5.41, 5.74) is 0. The third-order valence-corrected chi connectivity index (χ3v) is 2.51. The van der Waals surface area contributed by atoms with Gasteiger partial charge in [0.05, 0.1) is 16.6 Å². The van der Waals surface area contributed by atoms with Crippen LogP contribution in [0.5, 0.6) is 5.75 Å². The molecule has 0 heterocycles. The molecule has 0 aromatic heterocycles. The van der Waals surface area contributed by atoms with Gasteiger partial charge in [0.25, 0.3) is 0 Å².